The summed E-state index contributed by atoms with van der Waals surface area (Å²) in [4.78, 5) is 0.0206. The van der Waals surface area contributed by atoms with Gasteiger partial charge in [0, 0.05) is 19.3 Å². The van der Waals surface area contributed by atoms with Gasteiger partial charge in [-0.2, -0.15) is 5.10 Å². The molecule has 6 nitrogen and oxygen atoms in total. The van der Waals surface area contributed by atoms with Crippen LogP contribution in [0, 0.1) is 0 Å². The maximum atomic E-state index is 11.9. The van der Waals surface area contributed by atoms with Crippen molar-refractivity contribution >= 4 is 15.8 Å². The highest BCUT2D eigenvalue weighted by atomic mass is 32.2. The van der Waals surface area contributed by atoms with Gasteiger partial charge in [-0.15, -0.1) is 0 Å². The Morgan fingerprint density at radius 3 is 2.82 bits per heavy atom. The van der Waals surface area contributed by atoms with Gasteiger partial charge in [0.15, 0.2) is 5.82 Å². The summed E-state index contributed by atoms with van der Waals surface area (Å²) in [5.74, 6) is 0.0210. The molecule has 17 heavy (non-hydrogen) atoms. The Kier molecular flexibility index (Phi) is 4.30. The average Bonchev–Trinajstić information content (AvgIpc) is 2.58. The highest BCUT2D eigenvalue weighted by Crippen LogP contribution is 2.16. The van der Waals surface area contributed by atoms with Gasteiger partial charge in [-0.25, -0.2) is 13.1 Å². The molecule has 96 valence electrons. The predicted molar refractivity (Wildman–Crippen MR) is 66.9 cm³/mol. The van der Waals surface area contributed by atoms with Crippen LogP contribution < -0.4 is 10.5 Å². The number of aryl methyl sites for hydroxylation is 1. The summed E-state index contributed by atoms with van der Waals surface area (Å²) < 4.78 is 27.7. The minimum absolute atomic E-state index is 0.0206. The number of nitrogen functional groups attached to an aromatic ring is 1. The van der Waals surface area contributed by atoms with Gasteiger partial charge >= 0.3 is 0 Å². The smallest absolute Gasteiger partial charge is 0.246 e. The van der Waals surface area contributed by atoms with Crippen molar-refractivity contribution in [1.82, 2.24) is 14.5 Å². The Labute approximate surface area is 102 Å². The minimum Gasteiger partial charge on any atom is -0.381 e. The number of rotatable bonds is 6. The predicted octanol–water partition coefficient (Wildman–Crippen LogP) is 0.730. The molecular formula is C10H18N4O2S. The van der Waals surface area contributed by atoms with Crippen molar-refractivity contribution < 1.29 is 8.42 Å². The summed E-state index contributed by atoms with van der Waals surface area (Å²) in [5.41, 5.74) is 6.32. The summed E-state index contributed by atoms with van der Waals surface area (Å²) in [5, 5.41) is 3.95. The van der Waals surface area contributed by atoms with Crippen molar-refractivity contribution in [2.75, 3.05) is 12.3 Å². The normalized spacial score (nSPS) is 11.6. The molecule has 0 saturated heterocycles. The van der Waals surface area contributed by atoms with Crippen LogP contribution in [0.4, 0.5) is 5.82 Å². The van der Waals surface area contributed by atoms with E-state index in [0.29, 0.717) is 6.54 Å². The maximum Gasteiger partial charge on any atom is 0.246 e. The molecule has 1 aromatic heterocycles. The summed E-state index contributed by atoms with van der Waals surface area (Å²) >= 11 is 0. The molecule has 0 saturated carbocycles. The number of hydrogen-bond donors (Lipinski definition) is 2. The van der Waals surface area contributed by atoms with Crippen LogP contribution in [-0.2, 0) is 16.6 Å². The van der Waals surface area contributed by atoms with Gasteiger partial charge in [-0.3, -0.25) is 4.68 Å². The van der Waals surface area contributed by atoms with Gasteiger partial charge in [0.1, 0.15) is 4.90 Å². The zero-order chi connectivity index (χ0) is 13.1. The van der Waals surface area contributed by atoms with Crippen LogP contribution in [0.1, 0.15) is 20.3 Å². The molecule has 0 bridgehead atoms. The van der Waals surface area contributed by atoms with Crippen molar-refractivity contribution in [3.05, 3.63) is 18.3 Å². The van der Waals surface area contributed by atoms with E-state index in [4.69, 9.17) is 5.73 Å². The van der Waals surface area contributed by atoms with E-state index >= 15 is 0 Å². The molecule has 1 rings (SSSR count). The maximum absolute atomic E-state index is 11.9. The van der Waals surface area contributed by atoms with Crippen LogP contribution in [0.15, 0.2) is 23.2 Å². The van der Waals surface area contributed by atoms with Gasteiger partial charge in [0.25, 0.3) is 0 Å². The standard InChI is InChI=1S/C10H18N4O2S/c1-4-5-14-7-9(10(11)13-14)17(15,16)12-6-8(2)3/h7,12H,2,4-6H2,1,3H3,(H2,11,13). The average molecular weight is 258 g/mol. The van der Waals surface area contributed by atoms with Crippen LogP contribution in [0.2, 0.25) is 0 Å². The summed E-state index contributed by atoms with van der Waals surface area (Å²) in [7, 11) is -3.60. The molecule has 1 heterocycles. The fraction of sp³-hybridized carbons (Fsp3) is 0.500. The van der Waals surface area contributed by atoms with E-state index in [1.54, 1.807) is 6.92 Å². The van der Waals surface area contributed by atoms with Crippen molar-refractivity contribution in [3.8, 4) is 0 Å². The summed E-state index contributed by atoms with van der Waals surface area (Å²) in [6.45, 7) is 8.18. The zero-order valence-electron chi connectivity index (χ0n) is 10.1. The van der Waals surface area contributed by atoms with Crippen LogP contribution in [0.25, 0.3) is 0 Å². The van der Waals surface area contributed by atoms with E-state index in [0.717, 1.165) is 12.0 Å². The zero-order valence-corrected chi connectivity index (χ0v) is 10.9. The number of sulfonamides is 1. The number of anilines is 1. The largest absolute Gasteiger partial charge is 0.381 e. The number of nitrogens with zero attached hydrogens (tertiary/aromatic N) is 2. The quantitative estimate of drug-likeness (QED) is 0.736. The van der Waals surface area contributed by atoms with Crippen LogP contribution in [0.5, 0.6) is 0 Å². The molecular weight excluding hydrogens is 240 g/mol. The lowest BCUT2D eigenvalue weighted by Crippen LogP contribution is -2.25. The van der Waals surface area contributed by atoms with E-state index in [-0.39, 0.29) is 17.3 Å². The molecule has 0 unspecified atom stereocenters. The van der Waals surface area contributed by atoms with E-state index < -0.39 is 10.0 Å². The van der Waals surface area contributed by atoms with E-state index in [2.05, 4.69) is 16.4 Å². The molecule has 0 spiro atoms. The lowest BCUT2D eigenvalue weighted by Gasteiger charge is -2.04. The second-order valence-electron chi connectivity index (χ2n) is 3.92. The number of hydrogen-bond acceptors (Lipinski definition) is 4. The van der Waals surface area contributed by atoms with Crippen LogP contribution in [0.3, 0.4) is 0 Å². The van der Waals surface area contributed by atoms with E-state index in [1.807, 2.05) is 6.92 Å². The highest BCUT2D eigenvalue weighted by Gasteiger charge is 2.20. The van der Waals surface area contributed by atoms with Crippen molar-refractivity contribution in [1.29, 1.82) is 0 Å². The second kappa shape index (κ2) is 5.33. The Morgan fingerprint density at radius 2 is 2.29 bits per heavy atom. The molecule has 0 aliphatic heterocycles. The number of nitrogens with two attached hydrogens (primary N) is 1. The molecule has 0 aliphatic rings. The monoisotopic (exact) mass is 258 g/mol. The first-order valence-electron chi connectivity index (χ1n) is 5.33. The Morgan fingerprint density at radius 1 is 1.65 bits per heavy atom. The minimum atomic E-state index is -3.60. The van der Waals surface area contributed by atoms with Gasteiger partial charge < -0.3 is 5.73 Å². The Bertz CT molecular complexity index is 504. The van der Waals surface area contributed by atoms with Gasteiger partial charge in [-0.05, 0) is 13.3 Å². The van der Waals surface area contributed by atoms with Crippen LogP contribution in [-0.4, -0.2) is 24.7 Å². The van der Waals surface area contributed by atoms with Crippen molar-refractivity contribution in [2.24, 2.45) is 0 Å². The van der Waals surface area contributed by atoms with Crippen molar-refractivity contribution in [3.63, 3.8) is 0 Å². The molecule has 0 atom stereocenters. The topological polar surface area (TPSA) is 90.0 Å². The molecule has 1 aromatic rings. The Hall–Kier alpha value is -1.34. The van der Waals surface area contributed by atoms with Crippen molar-refractivity contribution in [2.45, 2.75) is 31.7 Å². The van der Waals surface area contributed by atoms with Gasteiger partial charge in [0.05, 0.1) is 0 Å². The summed E-state index contributed by atoms with van der Waals surface area (Å²) in [6.07, 6.45) is 2.30. The molecule has 0 amide bonds. The first-order valence-corrected chi connectivity index (χ1v) is 6.82. The SMILES string of the molecule is C=C(C)CNS(=O)(=O)c1cn(CCC)nc1N. The highest BCUT2D eigenvalue weighted by molar-refractivity contribution is 7.89. The summed E-state index contributed by atoms with van der Waals surface area (Å²) in [6, 6.07) is 0. The lowest BCUT2D eigenvalue weighted by molar-refractivity contribution is 0.582. The fourth-order valence-electron chi connectivity index (χ4n) is 1.26. The third kappa shape index (κ3) is 3.57. The molecule has 0 aliphatic carbocycles. The molecule has 7 heteroatoms. The van der Waals surface area contributed by atoms with E-state index in [1.165, 1.54) is 10.9 Å². The first-order chi connectivity index (χ1) is 7.86. The fourth-order valence-corrected chi connectivity index (χ4v) is 2.43. The number of aromatic nitrogens is 2. The third-order valence-corrected chi connectivity index (χ3v) is 3.48. The Balaban J connectivity index is 2.94. The van der Waals surface area contributed by atoms with Gasteiger partial charge in [0.2, 0.25) is 10.0 Å². The molecule has 0 aromatic carbocycles. The second-order valence-corrected chi connectivity index (χ2v) is 5.66. The molecule has 3 N–H and O–H groups in total. The third-order valence-electron chi connectivity index (χ3n) is 2.06. The number of nitrogens with one attached hydrogen (secondary N) is 1. The molecule has 0 fully saturated rings. The van der Waals surface area contributed by atoms with Crippen LogP contribution >= 0.6 is 0 Å². The molecule has 0 radical (unpaired) electrons. The lowest BCUT2D eigenvalue weighted by atomic mass is 10.4. The first kappa shape index (κ1) is 13.7. The van der Waals surface area contributed by atoms with Gasteiger partial charge in [-0.1, -0.05) is 19.1 Å². The van der Waals surface area contributed by atoms with E-state index in [9.17, 15) is 8.42 Å².